The highest BCUT2D eigenvalue weighted by molar-refractivity contribution is 7.91. The van der Waals surface area contributed by atoms with Crippen LogP contribution in [-0.4, -0.2) is 42.8 Å². The zero-order valence-corrected chi connectivity index (χ0v) is 12.1. The number of hydrogen-bond acceptors (Lipinski definition) is 3. The zero-order valence-electron chi connectivity index (χ0n) is 11.3. The van der Waals surface area contributed by atoms with Crippen LogP contribution in [0.3, 0.4) is 0 Å². The van der Waals surface area contributed by atoms with E-state index in [0.29, 0.717) is 19.3 Å². The maximum Gasteiger partial charge on any atom is 0.223 e. The standard InChI is InChI=1S/C13H23NO3S/c1-3-4-5-13(15)14-10-6-7-11(14)9-12(8-10)18(2,16)17/h10-12H,3-9H2,1-2H3. The molecule has 0 saturated carbocycles. The minimum atomic E-state index is -2.96. The molecule has 1 amide bonds. The summed E-state index contributed by atoms with van der Waals surface area (Å²) >= 11 is 0. The van der Waals surface area contributed by atoms with Crippen LogP contribution in [0, 0.1) is 0 Å². The van der Waals surface area contributed by atoms with Gasteiger partial charge >= 0.3 is 0 Å². The largest absolute Gasteiger partial charge is 0.337 e. The Kier molecular flexibility index (Phi) is 3.99. The number of fused-ring (bicyclic) bond motifs is 2. The van der Waals surface area contributed by atoms with Gasteiger partial charge in [-0.2, -0.15) is 0 Å². The number of hydrogen-bond donors (Lipinski definition) is 0. The summed E-state index contributed by atoms with van der Waals surface area (Å²) in [6.45, 7) is 2.08. The normalized spacial score (nSPS) is 31.7. The Hall–Kier alpha value is -0.580. The maximum atomic E-state index is 12.2. The first-order valence-corrected chi connectivity index (χ1v) is 8.89. The number of sulfone groups is 1. The second-order valence-corrected chi connectivity index (χ2v) is 8.04. The van der Waals surface area contributed by atoms with E-state index in [1.165, 1.54) is 6.26 Å². The van der Waals surface area contributed by atoms with E-state index < -0.39 is 9.84 Å². The lowest BCUT2D eigenvalue weighted by Crippen LogP contribution is -2.49. The van der Waals surface area contributed by atoms with E-state index in [-0.39, 0.29) is 23.2 Å². The summed E-state index contributed by atoms with van der Waals surface area (Å²) in [6.07, 6.45) is 7.16. The van der Waals surface area contributed by atoms with Crippen molar-refractivity contribution < 1.29 is 13.2 Å². The van der Waals surface area contributed by atoms with Crippen LogP contribution >= 0.6 is 0 Å². The molecule has 18 heavy (non-hydrogen) atoms. The molecule has 0 N–H and O–H groups in total. The van der Waals surface area contributed by atoms with Gasteiger partial charge in [-0.25, -0.2) is 8.42 Å². The predicted octanol–water partition coefficient (Wildman–Crippen LogP) is 1.74. The van der Waals surface area contributed by atoms with E-state index in [1.54, 1.807) is 0 Å². The second-order valence-electron chi connectivity index (χ2n) is 5.71. The van der Waals surface area contributed by atoms with Gasteiger partial charge in [-0.3, -0.25) is 4.79 Å². The van der Waals surface area contributed by atoms with Gasteiger partial charge in [0.15, 0.2) is 0 Å². The molecule has 2 saturated heterocycles. The van der Waals surface area contributed by atoms with Crippen LogP contribution in [-0.2, 0) is 14.6 Å². The van der Waals surface area contributed by atoms with Gasteiger partial charge in [-0.1, -0.05) is 13.3 Å². The molecule has 2 heterocycles. The molecule has 2 aliphatic rings. The summed E-state index contributed by atoms with van der Waals surface area (Å²) in [6, 6.07) is 0.348. The van der Waals surface area contributed by atoms with Crippen molar-refractivity contribution >= 4 is 15.7 Å². The molecule has 0 aromatic rings. The van der Waals surface area contributed by atoms with Gasteiger partial charge in [0.05, 0.1) is 5.25 Å². The number of rotatable bonds is 4. The van der Waals surface area contributed by atoms with E-state index in [9.17, 15) is 13.2 Å². The van der Waals surface area contributed by atoms with E-state index in [0.717, 1.165) is 25.7 Å². The van der Waals surface area contributed by atoms with Crippen LogP contribution in [0.5, 0.6) is 0 Å². The maximum absolute atomic E-state index is 12.2. The Morgan fingerprint density at radius 1 is 1.22 bits per heavy atom. The van der Waals surface area contributed by atoms with Crippen LogP contribution in [0.1, 0.15) is 51.9 Å². The summed E-state index contributed by atoms with van der Waals surface area (Å²) in [5.41, 5.74) is 0. The molecule has 5 heteroatoms. The molecular weight excluding hydrogens is 250 g/mol. The number of unbranched alkanes of at least 4 members (excludes halogenated alkanes) is 1. The van der Waals surface area contributed by atoms with Gasteiger partial charge in [0.2, 0.25) is 5.91 Å². The molecule has 2 atom stereocenters. The Morgan fingerprint density at radius 3 is 2.22 bits per heavy atom. The predicted molar refractivity (Wildman–Crippen MR) is 71.0 cm³/mol. The molecule has 0 spiro atoms. The average molecular weight is 273 g/mol. The van der Waals surface area contributed by atoms with Gasteiger partial charge in [0.1, 0.15) is 9.84 Å². The number of piperidine rings is 1. The summed E-state index contributed by atoms with van der Waals surface area (Å²) in [4.78, 5) is 14.1. The quantitative estimate of drug-likeness (QED) is 0.784. The number of nitrogens with zero attached hydrogens (tertiary/aromatic N) is 1. The van der Waals surface area contributed by atoms with Crippen LogP contribution in [0.15, 0.2) is 0 Å². The third kappa shape index (κ3) is 2.71. The van der Waals surface area contributed by atoms with Crippen molar-refractivity contribution in [1.29, 1.82) is 0 Å². The Bertz CT molecular complexity index is 404. The molecule has 0 aromatic heterocycles. The average Bonchev–Trinajstić information content (AvgIpc) is 2.55. The van der Waals surface area contributed by atoms with E-state index in [4.69, 9.17) is 0 Å². The van der Waals surface area contributed by atoms with E-state index >= 15 is 0 Å². The van der Waals surface area contributed by atoms with Crippen molar-refractivity contribution in [2.75, 3.05) is 6.26 Å². The summed E-state index contributed by atoms with van der Waals surface area (Å²) in [5, 5.41) is -0.231. The fourth-order valence-corrected chi connectivity index (χ4v) is 4.48. The molecule has 2 aliphatic heterocycles. The van der Waals surface area contributed by atoms with E-state index in [2.05, 4.69) is 6.92 Å². The lowest BCUT2D eigenvalue weighted by Gasteiger charge is -2.38. The monoisotopic (exact) mass is 273 g/mol. The lowest BCUT2D eigenvalue weighted by atomic mass is 10.0. The molecule has 2 fully saturated rings. The molecule has 4 nitrogen and oxygen atoms in total. The highest BCUT2D eigenvalue weighted by Gasteiger charge is 2.45. The molecule has 0 aliphatic carbocycles. The fraction of sp³-hybridized carbons (Fsp3) is 0.923. The lowest BCUT2D eigenvalue weighted by molar-refractivity contribution is -0.135. The zero-order chi connectivity index (χ0) is 13.3. The molecule has 2 rings (SSSR count). The molecule has 0 radical (unpaired) electrons. The highest BCUT2D eigenvalue weighted by atomic mass is 32.2. The van der Waals surface area contributed by atoms with Gasteiger partial charge in [-0.15, -0.1) is 0 Å². The number of carbonyl (C=O) groups is 1. The van der Waals surface area contributed by atoms with Gasteiger partial charge in [0, 0.05) is 24.8 Å². The van der Waals surface area contributed by atoms with Gasteiger partial charge in [-0.05, 0) is 32.1 Å². The Balaban J connectivity index is 2.04. The van der Waals surface area contributed by atoms with Crippen LogP contribution in [0.25, 0.3) is 0 Å². The number of carbonyl (C=O) groups excluding carboxylic acids is 1. The topological polar surface area (TPSA) is 54.5 Å². The molecule has 104 valence electrons. The van der Waals surface area contributed by atoms with Gasteiger partial charge in [0.25, 0.3) is 0 Å². The summed E-state index contributed by atoms with van der Waals surface area (Å²) < 4.78 is 23.3. The van der Waals surface area contributed by atoms with Crippen molar-refractivity contribution in [2.45, 2.75) is 69.2 Å². The van der Waals surface area contributed by atoms with Crippen molar-refractivity contribution in [3.63, 3.8) is 0 Å². The minimum absolute atomic E-state index is 0.174. The van der Waals surface area contributed by atoms with Crippen LogP contribution < -0.4 is 0 Å². The van der Waals surface area contributed by atoms with Crippen LogP contribution in [0.2, 0.25) is 0 Å². The van der Waals surface area contributed by atoms with Crippen molar-refractivity contribution in [2.24, 2.45) is 0 Å². The molecular formula is C13H23NO3S. The fourth-order valence-electron chi connectivity index (χ4n) is 3.34. The van der Waals surface area contributed by atoms with Crippen molar-refractivity contribution in [3.8, 4) is 0 Å². The third-order valence-corrected chi connectivity index (χ3v) is 5.92. The van der Waals surface area contributed by atoms with Crippen LogP contribution in [0.4, 0.5) is 0 Å². The molecule has 2 bridgehead atoms. The Labute approximate surface area is 110 Å². The number of amides is 1. The van der Waals surface area contributed by atoms with Crippen molar-refractivity contribution in [3.05, 3.63) is 0 Å². The SMILES string of the molecule is CCCCC(=O)N1C2CCC1CC(S(C)(=O)=O)C2. The second kappa shape index (κ2) is 5.19. The first-order chi connectivity index (χ1) is 8.43. The first-order valence-electron chi connectivity index (χ1n) is 6.93. The highest BCUT2D eigenvalue weighted by Crippen LogP contribution is 2.38. The molecule has 2 unspecified atom stereocenters. The first kappa shape index (κ1) is 13.8. The molecule has 0 aromatic carbocycles. The van der Waals surface area contributed by atoms with Gasteiger partial charge < -0.3 is 4.90 Å². The smallest absolute Gasteiger partial charge is 0.223 e. The minimum Gasteiger partial charge on any atom is -0.337 e. The Morgan fingerprint density at radius 2 is 1.78 bits per heavy atom. The third-order valence-electron chi connectivity index (χ3n) is 4.33. The van der Waals surface area contributed by atoms with E-state index in [1.807, 2.05) is 4.90 Å². The van der Waals surface area contributed by atoms with Crippen molar-refractivity contribution in [1.82, 2.24) is 4.90 Å². The summed E-state index contributed by atoms with van der Waals surface area (Å²) in [5.74, 6) is 0.233. The summed E-state index contributed by atoms with van der Waals surface area (Å²) in [7, 11) is -2.96.